The number of unbranched alkanes of at least 4 members (excludes halogenated alkanes) is 1. The van der Waals surface area contributed by atoms with Gasteiger partial charge < -0.3 is 14.8 Å². The molecule has 1 aromatic rings. The molecule has 0 fully saturated rings. The Bertz CT molecular complexity index is 430. The molecule has 0 saturated carbocycles. The first-order valence-corrected chi connectivity index (χ1v) is 6.31. The van der Waals surface area contributed by atoms with Crippen molar-refractivity contribution in [3.05, 3.63) is 29.6 Å². The van der Waals surface area contributed by atoms with Gasteiger partial charge >= 0.3 is 0 Å². The van der Waals surface area contributed by atoms with E-state index >= 15 is 0 Å². The molecule has 5 nitrogen and oxygen atoms in total. The van der Waals surface area contributed by atoms with E-state index in [4.69, 9.17) is 9.47 Å². The van der Waals surface area contributed by atoms with Gasteiger partial charge in [0.15, 0.2) is 5.82 Å². The largest absolute Gasteiger partial charge is 0.382 e. The molecule has 0 aromatic carbocycles. The summed E-state index contributed by atoms with van der Waals surface area (Å²) in [5.41, 5.74) is -0.339. The van der Waals surface area contributed by atoms with Crippen molar-refractivity contribution in [2.24, 2.45) is 0 Å². The van der Waals surface area contributed by atoms with E-state index in [0.717, 1.165) is 18.7 Å². The van der Waals surface area contributed by atoms with Crippen LogP contribution in [0.15, 0.2) is 12.3 Å². The lowest BCUT2D eigenvalue weighted by atomic mass is 10.2. The molecule has 20 heavy (non-hydrogen) atoms. The highest BCUT2D eigenvalue weighted by molar-refractivity contribution is 5.94. The number of rotatable bonds is 9. The van der Waals surface area contributed by atoms with Crippen LogP contribution in [0, 0.1) is 11.8 Å². The minimum Gasteiger partial charge on any atom is -0.382 e. The van der Waals surface area contributed by atoms with Crippen molar-refractivity contribution in [2.75, 3.05) is 33.5 Å². The van der Waals surface area contributed by atoms with Crippen LogP contribution in [0.25, 0.3) is 0 Å². The average molecular weight is 288 g/mol. The van der Waals surface area contributed by atoms with Crippen molar-refractivity contribution >= 4 is 5.91 Å². The van der Waals surface area contributed by atoms with Crippen LogP contribution in [0.3, 0.4) is 0 Å². The molecule has 0 saturated heterocycles. The summed E-state index contributed by atoms with van der Waals surface area (Å²) in [6, 6.07) is 1.14. The predicted molar refractivity (Wildman–Crippen MR) is 68.4 cm³/mol. The Balaban J connectivity index is 2.19. The number of hydrogen-bond donors (Lipinski definition) is 1. The molecule has 1 heterocycles. The van der Waals surface area contributed by atoms with E-state index in [0.29, 0.717) is 32.8 Å². The van der Waals surface area contributed by atoms with E-state index in [1.165, 1.54) is 0 Å². The van der Waals surface area contributed by atoms with Gasteiger partial charge in [0.2, 0.25) is 5.95 Å². The number of ether oxygens (including phenoxy) is 2. The number of carbonyl (C=O) groups excluding carboxylic acids is 1. The average Bonchev–Trinajstić information content (AvgIpc) is 2.44. The Morgan fingerprint density at radius 1 is 1.30 bits per heavy atom. The van der Waals surface area contributed by atoms with Crippen molar-refractivity contribution in [3.8, 4) is 0 Å². The predicted octanol–water partition coefficient (Wildman–Crippen LogP) is 1.53. The molecule has 0 unspecified atom stereocenters. The highest BCUT2D eigenvalue weighted by Crippen LogP contribution is 2.08. The molecule has 0 aliphatic heterocycles. The van der Waals surface area contributed by atoms with Gasteiger partial charge in [0.1, 0.15) is 0 Å². The highest BCUT2D eigenvalue weighted by Gasteiger charge is 2.15. The van der Waals surface area contributed by atoms with Crippen molar-refractivity contribution in [1.82, 2.24) is 10.3 Å². The molecule has 1 aromatic heterocycles. The van der Waals surface area contributed by atoms with E-state index in [2.05, 4.69) is 10.3 Å². The second-order valence-corrected chi connectivity index (χ2v) is 4.03. The molecule has 7 heteroatoms. The van der Waals surface area contributed by atoms with Gasteiger partial charge in [0.25, 0.3) is 5.91 Å². The topological polar surface area (TPSA) is 60.5 Å². The Morgan fingerprint density at radius 3 is 2.85 bits per heavy atom. The van der Waals surface area contributed by atoms with Gasteiger partial charge in [-0.05, 0) is 18.9 Å². The van der Waals surface area contributed by atoms with Gasteiger partial charge in [-0.2, -0.15) is 4.39 Å². The van der Waals surface area contributed by atoms with E-state index in [9.17, 15) is 13.6 Å². The second-order valence-electron chi connectivity index (χ2n) is 4.03. The number of amides is 1. The fraction of sp³-hybridized carbons (Fsp3) is 0.538. The van der Waals surface area contributed by atoms with Gasteiger partial charge in [-0.3, -0.25) is 4.79 Å². The molecule has 0 aliphatic rings. The summed E-state index contributed by atoms with van der Waals surface area (Å²) in [6.07, 6.45) is 2.50. The van der Waals surface area contributed by atoms with Gasteiger partial charge in [-0.1, -0.05) is 0 Å². The van der Waals surface area contributed by atoms with Gasteiger partial charge in [-0.15, -0.1) is 0 Å². The van der Waals surface area contributed by atoms with Crippen LogP contribution in [-0.2, 0) is 9.47 Å². The van der Waals surface area contributed by atoms with Crippen molar-refractivity contribution in [1.29, 1.82) is 0 Å². The third kappa shape index (κ3) is 5.58. The van der Waals surface area contributed by atoms with Crippen LogP contribution < -0.4 is 5.32 Å². The SMILES string of the molecule is COCCOCCCCNC(=O)c1ccnc(F)c1F. The molecule has 1 amide bonds. The maximum absolute atomic E-state index is 13.3. The van der Waals surface area contributed by atoms with Gasteiger partial charge in [-0.25, -0.2) is 9.37 Å². The summed E-state index contributed by atoms with van der Waals surface area (Å²) in [7, 11) is 1.60. The zero-order valence-electron chi connectivity index (χ0n) is 11.3. The zero-order valence-corrected chi connectivity index (χ0v) is 11.3. The Hall–Kier alpha value is -1.60. The molecule has 0 spiro atoms. The van der Waals surface area contributed by atoms with Gasteiger partial charge in [0, 0.05) is 26.5 Å². The number of hydrogen-bond acceptors (Lipinski definition) is 4. The Morgan fingerprint density at radius 2 is 2.10 bits per heavy atom. The minimum absolute atomic E-state index is 0.339. The standard InChI is InChI=1S/C13H18F2N2O3/c1-19-8-9-20-7-3-2-5-17-13(18)10-4-6-16-12(15)11(10)14/h4,6H,2-3,5,7-9H2,1H3,(H,17,18). The number of aromatic nitrogens is 1. The number of methoxy groups -OCH3 is 1. The molecule has 1 N–H and O–H groups in total. The number of halogens is 2. The lowest BCUT2D eigenvalue weighted by Gasteiger charge is -2.06. The number of nitrogens with one attached hydrogen (secondary N) is 1. The summed E-state index contributed by atoms with van der Waals surface area (Å²) in [5, 5.41) is 2.52. The normalized spacial score (nSPS) is 10.6. The lowest BCUT2D eigenvalue weighted by molar-refractivity contribution is 0.0686. The zero-order chi connectivity index (χ0) is 14.8. The summed E-state index contributed by atoms with van der Waals surface area (Å²) >= 11 is 0. The molecule has 0 atom stereocenters. The Labute approximate surface area is 116 Å². The molecular weight excluding hydrogens is 270 g/mol. The fourth-order valence-electron chi connectivity index (χ4n) is 1.46. The first kappa shape index (κ1) is 16.5. The summed E-state index contributed by atoms with van der Waals surface area (Å²) < 4.78 is 36.2. The first-order valence-electron chi connectivity index (χ1n) is 6.31. The van der Waals surface area contributed by atoms with Crippen LogP contribution >= 0.6 is 0 Å². The van der Waals surface area contributed by atoms with Crippen molar-refractivity contribution < 1.29 is 23.0 Å². The third-order valence-corrected chi connectivity index (χ3v) is 2.52. The number of carbonyl (C=O) groups is 1. The van der Waals surface area contributed by atoms with Crippen LogP contribution in [0.2, 0.25) is 0 Å². The van der Waals surface area contributed by atoms with Gasteiger partial charge in [0.05, 0.1) is 18.8 Å². The molecule has 0 bridgehead atoms. The smallest absolute Gasteiger partial charge is 0.254 e. The minimum atomic E-state index is -1.27. The van der Waals surface area contributed by atoms with E-state index in [1.807, 2.05) is 0 Å². The molecule has 0 aliphatic carbocycles. The monoisotopic (exact) mass is 288 g/mol. The van der Waals surface area contributed by atoms with Crippen LogP contribution in [0.5, 0.6) is 0 Å². The number of pyridine rings is 1. The van der Waals surface area contributed by atoms with E-state index in [-0.39, 0.29) is 5.56 Å². The van der Waals surface area contributed by atoms with E-state index < -0.39 is 17.7 Å². The molecule has 0 radical (unpaired) electrons. The van der Waals surface area contributed by atoms with E-state index in [1.54, 1.807) is 7.11 Å². The Kier molecular flexibility index (Phi) is 7.67. The second kappa shape index (κ2) is 9.33. The van der Waals surface area contributed by atoms with Crippen LogP contribution in [-0.4, -0.2) is 44.4 Å². The first-order chi connectivity index (χ1) is 9.66. The molecular formula is C13H18F2N2O3. The third-order valence-electron chi connectivity index (χ3n) is 2.52. The summed E-state index contributed by atoms with van der Waals surface area (Å²) in [6.45, 7) is 2.02. The number of nitrogens with zero attached hydrogens (tertiary/aromatic N) is 1. The summed E-state index contributed by atoms with van der Waals surface area (Å²) in [4.78, 5) is 14.7. The quantitative estimate of drug-likeness (QED) is 0.553. The van der Waals surface area contributed by atoms with Crippen LogP contribution in [0.4, 0.5) is 8.78 Å². The highest BCUT2D eigenvalue weighted by atomic mass is 19.2. The van der Waals surface area contributed by atoms with Crippen molar-refractivity contribution in [3.63, 3.8) is 0 Å². The lowest BCUT2D eigenvalue weighted by Crippen LogP contribution is -2.26. The van der Waals surface area contributed by atoms with Crippen molar-refractivity contribution in [2.45, 2.75) is 12.8 Å². The maximum Gasteiger partial charge on any atom is 0.254 e. The van der Waals surface area contributed by atoms with Crippen LogP contribution in [0.1, 0.15) is 23.2 Å². The summed E-state index contributed by atoms with van der Waals surface area (Å²) in [5.74, 6) is -3.15. The molecule has 112 valence electrons. The maximum atomic E-state index is 13.3. The fourth-order valence-corrected chi connectivity index (χ4v) is 1.46. The molecule has 1 rings (SSSR count).